The number of allylic oxidation sites excluding steroid dienone is 1. The third-order valence-corrected chi connectivity index (χ3v) is 2.54. The molecule has 1 aliphatic heterocycles. The average molecular weight is 170 g/mol. The summed E-state index contributed by atoms with van der Waals surface area (Å²) in [5.74, 6) is 0.0799. The molecule has 1 aliphatic rings. The lowest BCUT2D eigenvalue weighted by Crippen LogP contribution is -2.36. The van der Waals surface area contributed by atoms with Crippen LogP contribution in [0.3, 0.4) is 0 Å². The van der Waals surface area contributed by atoms with Gasteiger partial charge in [-0.3, -0.25) is 0 Å². The molecule has 1 fully saturated rings. The fraction of sp³-hybridized carbons (Fsp3) is 0.800. The summed E-state index contributed by atoms with van der Waals surface area (Å²) in [6.45, 7) is 9.44. The van der Waals surface area contributed by atoms with Gasteiger partial charge >= 0.3 is 0 Å². The number of hydrogen-bond acceptors (Lipinski definition) is 2. The second kappa shape index (κ2) is 4.06. The van der Waals surface area contributed by atoms with Crippen LogP contribution in [-0.2, 0) is 9.47 Å². The lowest BCUT2D eigenvalue weighted by Gasteiger charge is -2.31. The van der Waals surface area contributed by atoms with Crippen molar-refractivity contribution in [1.82, 2.24) is 0 Å². The smallest absolute Gasteiger partial charge is 0.171 e. The fourth-order valence-electron chi connectivity index (χ4n) is 1.74. The molecule has 0 radical (unpaired) electrons. The topological polar surface area (TPSA) is 18.5 Å². The summed E-state index contributed by atoms with van der Waals surface area (Å²) < 4.78 is 11.3. The van der Waals surface area contributed by atoms with Gasteiger partial charge in [-0.05, 0) is 12.8 Å². The fourth-order valence-corrected chi connectivity index (χ4v) is 1.74. The lowest BCUT2D eigenvalue weighted by molar-refractivity contribution is -0.192. The predicted octanol–water partition coefficient (Wildman–Crippen LogP) is 2.35. The molecule has 70 valence electrons. The van der Waals surface area contributed by atoms with Gasteiger partial charge < -0.3 is 9.47 Å². The normalized spacial score (nSPS) is 23.8. The number of ether oxygens (including phenoxy) is 2. The molecule has 1 rings (SSSR count). The van der Waals surface area contributed by atoms with Crippen molar-refractivity contribution in [2.24, 2.45) is 5.92 Å². The van der Waals surface area contributed by atoms with E-state index in [2.05, 4.69) is 20.4 Å². The van der Waals surface area contributed by atoms with E-state index >= 15 is 0 Å². The third-order valence-electron chi connectivity index (χ3n) is 2.54. The summed E-state index contributed by atoms with van der Waals surface area (Å²) in [5.41, 5.74) is 0. The van der Waals surface area contributed by atoms with Crippen molar-refractivity contribution >= 4 is 0 Å². The monoisotopic (exact) mass is 170 g/mol. The molecule has 1 unspecified atom stereocenters. The minimum Gasteiger partial charge on any atom is -0.347 e. The highest BCUT2D eigenvalue weighted by molar-refractivity contribution is 4.83. The van der Waals surface area contributed by atoms with Gasteiger partial charge in [-0.2, -0.15) is 0 Å². The van der Waals surface area contributed by atoms with Crippen LogP contribution in [0, 0.1) is 5.92 Å². The van der Waals surface area contributed by atoms with Gasteiger partial charge in [0, 0.05) is 5.92 Å². The van der Waals surface area contributed by atoms with E-state index in [4.69, 9.17) is 9.47 Å². The first-order valence-electron chi connectivity index (χ1n) is 4.64. The minimum absolute atomic E-state index is 0.325. The van der Waals surface area contributed by atoms with Crippen LogP contribution in [0.25, 0.3) is 0 Å². The summed E-state index contributed by atoms with van der Waals surface area (Å²) in [4.78, 5) is 0. The first kappa shape index (κ1) is 9.75. The third kappa shape index (κ3) is 1.70. The first-order chi connectivity index (χ1) is 5.75. The summed E-state index contributed by atoms with van der Waals surface area (Å²) in [7, 11) is 0. The average Bonchev–Trinajstić information content (AvgIpc) is 2.54. The molecule has 1 atom stereocenters. The maximum Gasteiger partial charge on any atom is 0.171 e. The maximum atomic E-state index is 5.63. The van der Waals surface area contributed by atoms with Crippen molar-refractivity contribution in [3.05, 3.63) is 12.7 Å². The van der Waals surface area contributed by atoms with Crippen LogP contribution in [0.1, 0.15) is 26.7 Å². The molecule has 0 spiro atoms. The van der Waals surface area contributed by atoms with Crippen molar-refractivity contribution in [2.45, 2.75) is 32.5 Å². The molecular weight excluding hydrogens is 152 g/mol. The minimum atomic E-state index is -0.325. The SMILES string of the molecule is C=CCC(C)C1(CC)OCCO1. The Labute approximate surface area is 74.6 Å². The van der Waals surface area contributed by atoms with Crippen LogP contribution in [0.4, 0.5) is 0 Å². The summed E-state index contributed by atoms with van der Waals surface area (Å²) >= 11 is 0. The quantitative estimate of drug-likeness (QED) is 0.603. The van der Waals surface area contributed by atoms with E-state index in [1.165, 1.54) is 0 Å². The van der Waals surface area contributed by atoms with E-state index in [-0.39, 0.29) is 5.79 Å². The molecule has 0 bridgehead atoms. The molecule has 0 N–H and O–H groups in total. The second-order valence-corrected chi connectivity index (χ2v) is 3.29. The Morgan fingerprint density at radius 1 is 1.50 bits per heavy atom. The lowest BCUT2D eigenvalue weighted by atomic mass is 9.95. The number of hydrogen-bond donors (Lipinski definition) is 0. The standard InChI is InChI=1S/C10H18O2/c1-4-6-9(3)10(5-2)11-7-8-12-10/h4,9H,1,5-8H2,2-3H3. The molecule has 12 heavy (non-hydrogen) atoms. The van der Waals surface area contributed by atoms with Crippen LogP contribution < -0.4 is 0 Å². The van der Waals surface area contributed by atoms with E-state index in [9.17, 15) is 0 Å². The molecule has 0 aromatic heterocycles. The van der Waals surface area contributed by atoms with Crippen molar-refractivity contribution in [3.63, 3.8) is 0 Å². The van der Waals surface area contributed by atoms with E-state index in [0.29, 0.717) is 5.92 Å². The maximum absolute atomic E-state index is 5.63. The Morgan fingerprint density at radius 2 is 2.08 bits per heavy atom. The predicted molar refractivity (Wildman–Crippen MR) is 48.9 cm³/mol. The molecule has 1 saturated heterocycles. The highest BCUT2D eigenvalue weighted by Crippen LogP contribution is 2.33. The van der Waals surface area contributed by atoms with Gasteiger partial charge in [0.05, 0.1) is 13.2 Å². The van der Waals surface area contributed by atoms with Gasteiger partial charge in [0.1, 0.15) is 0 Å². The van der Waals surface area contributed by atoms with Gasteiger partial charge in [0.25, 0.3) is 0 Å². The molecule has 1 heterocycles. The van der Waals surface area contributed by atoms with Crippen LogP contribution in [0.15, 0.2) is 12.7 Å². The van der Waals surface area contributed by atoms with Crippen LogP contribution in [-0.4, -0.2) is 19.0 Å². The Balaban J connectivity index is 2.58. The van der Waals surface area contributed by atoms with Crippen LogP contribution in [0.5, 0.6) is 0 Å². The Morgan fingerprint density at radius 3 is 2.50 bits per heavy atom. The molecule has 0 aromatic rings. The zero-order chi connectivity index (χ0) is 9.03. The van der Waals surface area contributed by atoms with Crippen LogP contribution >= 0.6 is 0 Å². The van der Waals surface area contributed by atoms with Gasteiger partial charge in [-0.15, -0.1) is 6.58 Å². The van der Waals surface area contributed by atoms with E-state index in [1.54, 1.807) is 0 Å². The first-order valence-corrected chi connectivity index (χ1v) is 4.64. The van der Waals surface area contributed by atoms with Gasteiger partial charge in [-0.25, -0.2) is 0 Å². The molecule has 0 amide bonds. The highest BCUT2D eigenvalue weighted by Gasteiger charge is 2.39. The molecule has 0 saturated carbocycles. The Hall–Kier alpha value is -0.340. The van der Waals surface area contributed by atoms with Crippen molar-refractivity contribution < 1.29 is 9.47 Å². The Bertz CT molecular complexity index is 148. The van der Waals surface area contributed by atoms with Gasteiger partial charge in [0.15, 0.2) is 5.79 Å². The van der Waals surface area contributed by atoms with E-state index in [1.807, 2.05) is 6.08 Å². The molecule has 0 aliphatic carbocycles. The molecular formula is C10H18O2. The zero-order valence-electron chi connectivity index (χ0n) is 8.01. The molecule has 0 aromatic carbocycles. The van der Waals surface area contributed by atoms with Gasteiger partial charge in [-0.1, -0.05) is 19.9 Å². The Kier molecular flexibility index (Phi) is 3.29. The second-order valence-electron chi connectivity index (χ2n) is 3.29. The number of rotatable bonds is 4. The summed E-state index contributed by atoms with van der Waals surface area (Å²) in [6.07, 6.45) is 3.79. The van der Waals surface area contributed by atoms with E-state index in [0.717, 1.165) is 26.1 Å². The molecule has 2 nitrogen and oxygen atoms in total. The van der Waals surface area contributed by atoms with Crippen LogP contribution in [0.2, 0.25) is 0 Å². The van der Waals surface area contributed by atoms with E-state index < -0.39 is 0 Å². The van der Waals surface area contributed by atoms with Crippen molar-refractivity contribution in [3.8, 4) is 0 Å². The zero-order valence-corrected chi connectivity index (χ0v) is 8.01. The highest BCUT2D eigenvalue weighted by atomic mass is 16.7. The largest absolute Gasteiger partial charge is 0.347 e. The summed E-state index contributed by atoms with van der Waals surface area (Å²) in [6, 6.07) is 0. The molecule has 2 heteroatoms. The van der Waals surface area contributed by atoms with Gasteiger partial charge in [0.2, 0.25) is 0 Å². The summed E-state index contributed by atoms with van der Waals surface area (Å²) in [5, 5.41) is 0. The van der Waals surface area contributed by atoms with Crippen molar-refractivity contribution in [1.29, 1.82) is 0 Å². The van der Waals surface area contributed by atoms with Crippen molar-refractivity contribution in [2.75, 3.05) is 13.2 Å².